The zero-order valence-corrected chi connectivity index (χ0v) is 27.4. The normalized spacial score (nSPS) is 15.2. The molecule has 5 aromatic rings. The molecule has 2 aliphatic rings. The lowest BCUT2D eigenvalue weighted by molar-refractivity contribution is 0.122. The van der Waals surface area contributed by atoms with Gasteiger partial charge in [0.05, 0.1) is 30.8 Å². The largest absolute Gasteiger partial charge is 0.471 e. The molecule has 3 heterocycles. The number of aromatic nitrogens is 2. The van der Waals surface area contributed by atoms with Gasteiger partial charge in [-0.3, -0.25) is 5.41 Å². The molecule has 1 saturated heterocycles. The molecule has 240 valence electrons. The first-order valence-electron chi connectivity index (χ1n) is 16.6. The molecule has 0 bridgehead atoms. The quantitative estimate of drug-likeness (QED) is 0.121. The van der Waals surface area contributed by atoms with Gasteiger partial charge in [-0.15, -0.1) is 0 Å². The maximum atomic E-state index is 9.59. The Balaban J connectivity index is 0.00000190. The highest BCUT2D eigenvalue weighted by Crippen LogP contribution is 2.43. The van der Waals surface area contributed by atoms with Crippen LogP contribution in [0.25, 0.3) is 0 Å². The molecule has 7 heteroatoms. The van der Waals surface area contributed by atoms with E-state index in [0.717, 1.165) is 59.7 Å². The third-order valence-electron chi connectivity index (χ3n) is 8.77. The van der Waals surface area contributed by atoms with Gasteiger partial charge in [0.15, 0.2) is 0 Å². The van der Waals surface area contributed by atoms with Crippen LogP contribution < -0.4 is 15.0 Å². The maximum Gasteiger partial charge on any atom is 0.214 e. The zero-order chi connectivity index (χ0) is 32.7. The molecule has 0 amide bonds. The van der Waals surface area contributed by atoms with Gasteiger partial charge in [-0.05, 0) is 48.6 Å². The first kappa shape index (κ1) is 32.0. The Bertz CT molecular complexity index is 1670. The van der Waals surface area contributed by atoms with Crippen molar-refractivity contribution in [3.63, 3.8) is 0 Å². The summed E-state index contributed by atoms with van der Waals surface area (Å²) in [5.41, 5.74) is 4.81. The van der Waals surface area contributed by atoms with Gasteiger partial charge < -0.3 is 19.7 Å². The second kappa shape index (κ2) is 14.2. The highest BCUT2D eigenvalue weighted by atomic mass is 16.5. The SMILES string of the molecule is CC.CC1(Oc2cc(C(=N)c3ccnc(N4CCOCC4)c3)c(NC(c3ccccc3)(c3ccccc3)c3ccccc3)cn2)CC1. The van der Waals surface area contributed by atoms with E-state index >= 15 is 0 Å². The van der Waals surface area contributed by atoms with Crippen LogP contribution >= 0.6 is 0 Å². The van der Waals surface area contributed by atoms with E-state index in [1.54, 1.807) is 6.20 Å². The summed E-state index contributed by atoms with van der Waals surface area (Å²) in [5.74, 6) is 1.37. The van der Waals surface area contributed by atoms with Crippen LogP contribution in [0.2, 0.25) is 0 Å². The molecule has 2 fully saturated rings. The number of rotatable bonds is 10. The zero-order valence-electron chi connectivity index (χ0n) is 27.4. The third kappa shape index (κ3) is 6.91. The topological polar surface area (TPSA) is 83.4 Å². The molecular formula is C40H43N5O2. The minimum absolute atomic E-state index is 0.205. The highest BCUT2D eigenvalue weighted by molar-refractivity contribution is 6.14. The van der Waals surface area contributed by atoms with Gasteiger partial charge in [-0.25, -0.2) is 9.97 Å². The molecule has 1 aliphatic heterocycles. The summed E-state index contributed by atoms with van der Waals surface area (Å²) in [6.07, 6.45) is 5.59. The number of hydrogen-bond acceptors (Lipinski definition) is 7. The van der Waals surface area contributed by atoms with Crippen LogP contribution in [0.1, 0.15) is 61.4 Å². The lowest BCUT2D eigenvalue weighted by atomic mass is 9.76. The molecule has 2 N–H and O–H groups in total. The van der Waals surface area contributed by atoms with Crippen molar-refractivity contribution in [1.29, 1.82) is 5.41 Å². The van der Waals surface area contributed by atoms with E-state index in [2.05, 4.69) is 94.9 Å². The molecular weight excluding hydrogens is 582 g/mol. The van der Waals surface area contributed by atoms with Gasteiger partial charge in [-0.2, -0.15) is 0 Å². The van der Waals surface area contributed by atoms with E-state index in [9.17, 15) is 5.41 Å². The average molecular weight is 626 g/mol. The Morgan fingerprint density at radius 1 is 0.809 bits per heavy atom. The summed E-state index contributed by atoms with van der Waals surface area (Å²) in [5, 5.41) is 13.5. The monoisotopic (exact) mass is 625 g/mol. The molecule has 2 aromatic heterocycles. The van der Waals surface area contributed by atoms with Crippen LogP contribution in [0.5, 0.6) is 5.88 Å². The fourth-order valence-corrected chi connectivity index (χ4v) is 6.01. The van der Waals surface area contributed by atoms with Gasteiger partial charge in [-0.1, -0.05) is 105 Å². The van der Waals surface area contributed by atoms with Gasteiger partial charge in [0, 0.05) is 36.5 Å². The first-order valence-corrected chi connectivity index (χ1v) is 16.6. The van der Waals surface area contributed by atoms with Gasteiger partial charge in [0.25, 0.3) is 0 Å². The van der Waals surface area contributed by atoms with Crippen molar-refractivity contribution in [2.24, 2.45) is 0 Å². The van der Waals surface area contributed by atoms with Crippen LogP contribution in [-0.4, -0.2) is 47.6 Å². The lowest BCUT2D eigenvalue weighted by Crippen LogP contribution is -2.38. The fourth-order valence-electron chi connectivity index (χ4n) is 6.01. The van der Waals surface area contributed by atoms with E-state index in [0.29, 0.717) is 30.4 Å². The van der Waals surface area contributed by atoms with Crippen molar-refractivity contribution in [2.75, 3.05) is 36.5 Å². The fraction of sp³-hybridized carbons (Fsp3) is 0.275. The summed E-state index contributed by atoms with van der Waals surface area (Å²) in [6.45, 7) is 8.99. The standard InChI is InChI=1S/C38H37N5O2.C2H6/c1-37(18-19-37)45-35-26-32(36(39)28-17-20-40-34(25-28)43-21-23-44-24-22-43)33(27-41-35)42-38(29-11-5-2-6-12-29,30-13-7-3-8-14-30)31-15-9-4-10-16-31;1-2/h2-17,20,25-27,39,42H,18-19,21-24H2,1H3;1-2H3. The number of nitrogens with one attached hydrogen (secondary N) is 2. The summed E-state index contributed by atoms with van der Waals surface area (Å²) in [7, 11) is 0. The van der Waals surface area contributed by atoms with Crippen LogP contribution in [0.15, 0.2) is 122 Å². The molecule has 1 saturated carbocycles. The van der Waals surface area contributed by atoms with Crippen molar-refractivity contribution in [1.82, 2.24) is 9.97 Å². The molecule has 0 spiro atoms. The number of nitrogens with zero attached hydrogens (tertiary/aromatic N) is 3. The van der Waals surface area contributed by atoms with E-state index in [1.165, 1.54) is 0 Å². The second-order valence-corrected chi connectivity index (χ2v) is 12.0. The van der Waals surface area contributed by atoms with E-state index < -0.39 is 5.54 Å². The summed E-state index contributed by atoms with van der Waals surface area (Å²) < 4.78 is 11.9. The molecule has 0 radical (unpaired) electrons. The van der Waals surface area contributed by atoms with Crippen molar-refractivity contribution >= 4 is 17.2 Å². The van der Waals surface area contributed by atoms with Crippen LogP contribution in [-0.2, 0) is 10.3 Å². The highest BCUT2D eigenvalue weighted by Gasteiger charge is 2.41. The summed E-state index contributed by atoms with van der Waals surface area (Å²) >= 11 is 0. The van der Waals surface area contributed by atoms with Crippen LogP contribution in [0, 0.1) is 5.41 Å². The van der Waals surface area contributed by atoms with Gasteiger partial charge in [0.1, 0.15) is 17.0 Å². The minimum Gasteiger partial charge on any atom is -0.471 e. The van der Waals surface area contributed by atoms with Gasteiger partial charge in [0.2, 0.25) is 5.88 Å². The van der Waals surface area contributed by atoms with Crippen molar-refractivity contribution in [2.45, 2.75) is 44.8 Å². The third-order valence-corrected chi connectivity index (χ3v) is 8.77. The number of hydrogen-bond donors (Lipinski definition) is 2. The average Bonchev–Trinajstić information content (AvgIpc) is 3.89. The van der Waals surface area contributed by atoms with E-state index in [-0.39, 0.29) is 5.60 Å². The molecule has 7 nitrogen and oxygen atoms in total. The summed E-state index contributed by atoms with van der Waals surface area (Å²) in [4.78, 5) is 11.6. The Morgan fingerprint density at radius 2 is 1.36 bits per heavy atom. The van der Waals surface area contributed by atoms with E-state index in [1.807, 2.05) is 56.4 Å². The Morgan fingerprint density at radius 3 is 1.89 bits per heavy atom. The van der Waals surface area contributed by atoms with Crippen molar-refractivity contribution in [3.8, 4) is 5.88 Å². The Hall–Kier alpha value is -5.01. The maximum absolute atomic E-state index is 9.59. The predicted molar refractivity (Wildman–Crippen MR) is 190 cm³/mol. The number of morpholine rings is 1. The summed E-state index contributed by atoms with van der Waals surface area (Å²) in [6, 6.07) is 37.2. The molecule has 1 aliphatic carbocycles. The molecule has 0 atom stereocenters. The molecule has 0 unspecified atom stereocenters. The van der Waals surface area contributed by atoms with E-state index in [4.69, 9.17) is 14.5 Å². The van der Waals surface area contributed by atoms with Crippen LogP contribution in [0.3, 0.4) is 0 Å². The number of ether oxygens (including phenoxy) is 2. The number of benzene rings is 3. The van der Waals surface area contributed by atoms with Crippen molar-refractivity contribution < 1.29 is 9.47 Å². The Kier molecular flexibility index (Phi) is 9.64. The number of anilines is 2. The van der Waals surface area contributed by atoms with Crippen molar-refractivity contribution in [3.05, 3.63) is 149 Å². The lowest BCUT2D eigenvalue weighted by Gasteiger charge is -2.38. The second-order valence-electron chi connectivity index (χ2n) is 12.0. The first-order chi connectivity index (χ1) is 23.0. The molecule has 7 rings (SSSR count). The predicted octanol–water partition coefficient (Wildman–Crippen LogP) is 8.09. The molecule has 47 heavy (non-hydrogen) atoms. The van der Waals surface area contributed by atoms with Gasteiger partial charge >= 0.3 is 0 Å². The molecule has 3 aromatic carbocycles. The van der Waals surface area contributed by atoms with Crippen LogP contribution in [0.4, 0.5) is 11.5 Å². The smallest absolute Gasteiger partial charge is 0.214 e. The number of pyridine rings is 2. The minimum atomic E-state index is -0.775. The Labute approximate surface area is 278 Å².